The molecule has 1 aromatic rings. The molecule has 1 heterocycles. The Bertz CT molecular complexity index is 1060. The van der Waals surface area contributed by atoms with Crippen molar-refractivity contribution in [3.05, 3.63) is 29.3 Å². The van der Waals surface area contributed by atoms with E-state index in [4.69, 9.17) is 0 Å². The maximum atomic E-state index is 13.3. The van der Waals surface area contributed by atoms with Gasteiger partial charge in [-0.1, -0.05) is 6.07 Å². The highest BCUT2D eigenvalue weighted by Crippen LogP contribution is 2.60. The zero-order chi connectivity index (χ0) is 24.3. The summed E-state index contributed by atoms with van der Waals surface area (Å²) in [7, 11) is -3.59. The van der Waals surface area contributed by atoms with Gasteiger partial charge in [0.25, 0.3) is 0 Å². The second kappa shape index (κ2) is 8.63. The Balaban J connectivity index is 1.18. The van der Waals surface area contributed by atoms with Gasteiger partial charge in [-0.25, -0.2) is 8.42 Å². The fourth-order valence-corrected chi connectivity index (χ4v) is 8.75. The van der Waals surface area contributed by atoms with Gasteiger partial charge >= 0.3 is 0 Å². The van der Waals surface area contributed by atoms with Crippen molar-refractivity contribution in [1.82, 2.24) is 14.5 Å². The van der Waals surface area contributed by atoms with E-state index in [-0.39, 0.29) is 30.3 Å². The van der Waals surface area contributed by atoms with E-state index in [1.807, 2.05) is 19.9 Å². The second-order valence-electron chi connectivity index (χ2n) is 11.4. The van der Waals surface area contributed by atoms with Crippen LogP contribution < -0.4 is 5.32 Å². The Kier molecular flexibility index (Phi) is 6.04. The molecule has 5 fully saturated rings. The van der Waals surface area contributed by atoms with Gasteiger partial charge in [0.15, 0.2) is 0 Å². The number of sulfonamides is 1. The molecule has 2 amide bonds. The van der Waals surface area contributed by atoms with Crippen molar-refractivity contribution in [3.8, 4) is 0 Å². The Labute approximate surface area is 203 Å². The first kappa shape index (κ1) is 23.8. The largest absolute Gasteiger partial charge is 0.344 e. The van der Waals surface area contributed by atoms with E-state index in [0.29, 0.717) is 35.7 Å². The monoisotopic (exact) mass is 487 g/mol. The van der Waals surface area contributed by atoms with E-state index in [2.05, 4.69) is 5.32 Å². The minimum absolute atomic E-state index is 0.0587. The summed E-state index contributed by atoms with van der Waals surface area (Å²) in [5.41, 5.74) is 1.72. The van der Waals surface area contributed by atoms with Crippen molar-refractivity contribution in [3.63, 3.8) is 0 Å². The van der Waals surface area contributed by atoms with Crippen LogP contribution in [0.1, 0.15) is 56.6 Å². The van der Waals surface area contributed by atoms with Crippen molar-refractivity contribution in [2.75, 3.05) is 26.2 Å². The van der Waals surface area contributed by atoms with E-state index in [1.165, 1.54) is 23.6 Å². The Morgan fingerprint density at radius 1 is 0.941 bits per heavy atom. The number of carbonyl (C=O) groups is 2. The predicted molar refractivity (Wildman–Crippen MR) is 129 cm³/mol. The Morgan fingerprint density at radius 2 is 1.50 bits per heavy atom. The number of benzene rings is 1. The zero-order valence-electron chi connectivity index (χ0n) is 20.5. The van der Waals surface area contributed by atoms with E-state index in [0.717, 1.165) is 30.4 Å². The number of piperazine rings is 1. The fraction of sp³-hybridized carbons (Fsp3) is 0.692. The first-order chi connectivity index (χ1) is 16.1. The van der Waals surface area contributed by atoms with Gasteiger partial charge in [-0.2, -0.15) is 4.31 Å². The maximum absolute atomic E-state index is 13.3. The summed E-state index contributed by atoms with van der Waals surface area (Å²) in [5.74, 6) is 1.96. The molecule has 1 aromatic carbocycles. The van der Waals surface area contributed by atoms with E-state index >= 15 is 0 Å². The number of amides is 2. The SMILES string of the molecule is Cc1ccc(S(=O)(=O)N2CCN(C(=O)[C@H](C)NC(=O)C34CC5CC(CC(C5)C3)C4)CC2)cc1C. The summed E-state index contributed by atoms with van der Waals surface area (Å²) in [4.78, 5) is 28.4. The van der Waals surface area contributed by atoms with E-state index < -0.39 is 16.1 Å². The lowest BCUT2D eigenvalue weighted by atomic mass is 9.49. The van der Waals surface area contributed by atoms with E-state index in [1.54, 1.807) is 24.0 Å². The highest BCUT2D eigenvalue weighted by molar-refractivity contribution is 7.89. The molecule has 186 valence electrons. The molecule has 1 N–H and O–H groups in total. The average Bonchev–Trinajstić information content (AvgIpc) is 2.79. The molecule has 0 unspecified atom stereocenters. The molecule has 0 spiro atoms. The minimum atomic E-state index is -3.59. The Hall–Kier alpha value is -1.93. The standard InChI is InChI=1S/C26H37N3O4S/c1-17-4-5-23(10-18(17)2)34(32,33)29-8-6-28(7-9-29)24(30)19(3)27-25(31)26-14-20-11-21(15-26)13-22(12-20)16-26/h4-5,10,19-22H,6-9,11-16H2,1-3H3,(H,27,31)/t19-,20?,21?,22?,26?/m0/s1. The molecule has 34 heavy (non-hydrogen) atoms. The van der Waals surface area contributed by atoms with E-state index in [9.17, 15) is 18.0 Å². The third kappa shape index (κ3) is 4.17. The summed E-state index contributed by atoms with van der Waals surface area (Å²) in [6, 6.07) is 4.60. The number of rotatable bonds is 5. The fourth-order valence-electron chi connectivity index (χ4n) is 7.25. The molecular formula is C26H37N3O4S. The molecule has 0 aromatic heterocycles. The van der Waals surface area contributed by atoms with Gasteiger partial charge in [0.1, 0.15) is 6.04 Å². The van der Waals surface area contributed by atoms with Crippen molar-refractivity contribution in [2.45, 2.75) is 70.2 Å². The molecule has 0 radical (unpaired) electrons. The lowest BCUT2D eigenvalue weighted by Gasteiger charge is -2.55. The lowest BCUT2D eigenvalue weighted by Crippen LogP contribution is -2.58. The molecule has 1 aliphatic heterocycles. The first-order valence-electron chi connectivity index (χ1n) is 12.7. The van der Waals surface area contributed by atoms with Gasteiger partial charge in [0.05, 0.1) is 4.90 Å². The summed E-state index contributed by atoms with van der Waals surface area (Å²) < 4.78 is 27.6. The van der Waals surface area contributed by atoms with Crippen LogP contribution in [0, 0.1) is 37.0 Å². The average molecular weight is 488 g/mol. The molecule has 5 aliphatic rings. The first-order valence-corrected chi connectivity index (χ1v) is 14.2. The third-order valence-electron chi connectivity index (χ3n) is 8.90. The molecule has 4 saturated carbocycles. The second-order valence-corrected chi connectivity index (χ2v) is 13.3. The summed E-state index contributed by atoms with van der Waals surface area (Å²) >= 11 is 0. The maximum Gasteiger partial charge on any atom is 0.244 e. The third-order valence-corrected chi connectivity index (χ3v) is 10.8. The molecule has 4 aliphatic carbocycles. The summed E-state index contributed by atoms with van der Waals surface area (Å²) in [6.45, 7) is 6.82. The number of aryl methyl sites for hydroxylation is 2. The molecule has 8 heteroatoms. The van der Waals surface area contributed by atoms with Gasteiger partial charge in [0, 0.05) is 31.6 Å². The van der Waals surface area contributed by atoms with Crippen LogP contribution in [0.5, 0.6) is 0 Å². The number of nitrogens with zero attached hydrogens (tertiary/aromatic N) is 2. The quantitative estimate of drug-likeness (QED) is 0.692. The summed E-state index contributed by atoms with van der Waals surface area (Å²) in [5, 5.41) is 3.05. The van der Waals surface area contributed by atoms with Crippen molar-refractivity contribution in [2.24, 2.45) is 23.2 Å². The van der Waals surface area contributed by atoms with Crippen LogP contribution in [0.4, 0.5) is 0 Å². The number of hydrogen-bond acceptors (Lipinski definition) is 4. The van der Waals surface area contributed by atoms with Crippen LogP contribution in [0.3, 0.4) is 0 Å². The molecular weight excluding hydrogens is 450 g/mol. The zero-order valence-corrected chi connectivity index (χ0v) is 21.4. The van der Waals surface area contributed by atoms with Crippen molar-refractivity contribution in [1.29, 1.82) is 0 Å². The summed E-state index contributed by atoms with van der Waals surface area (Å²) in [6.07, 6.45) is 6.74. The highest BCUT2D eigenvalue weighted by Gasteiger charge is 2.54. The van der Waals surface area contributed by atoms with Gasteiger partial charge in [-0.3, -0.25) is 9.59 Å². The van der Waals surface area contributed by atoms with Gasteiger partial charge in [-0.15, -0.1) is 0 Å². The smallest absolute Gasteiger partial charge is 0.244 e. The number of carbonyl (C=O) groups excluding carboxylic acids is 2. The van der Waals surface area contributed by atoms with Crippen LogP contribution >= 0.6 is 0 Å². The number of nitrogens with one attached hydrogen (secondary N) is 1. The molecule has 6 rings (SSSR count). The molecule has 1 atom stereocenters. The van der Waals surface area contributed by atoms with Gasteiger partial charge in [-0.05, 0) is 100 Å². The Morgan fingerprint density at radius 3 is 2.03 bits per heavy atom. The predicted octanol–water partition coefficient (Wildman–Crippen LogP) is 2.86. The molecule has 4 bridgehead atoms. The van der Waals surface area contributed by atoms with Crippen LogP contribution in [0.15, 0.2) is 23.1 Å². The lowest BCUT2D eigenvalue weighted by molar-refractivity contribution is -0.149. The topological polar surface area (TPSA) is 86.8 Å². The van der Waals surface area contributed by atoms with Crippen molar-refractivity contribution >= 4 is 21.8 Å². The normalized spacial score (nSPS) is 32.0. The van der Waals surface area contributed by atoms with Crippen LogP contribution in [-0.4, -0.2) is 61.7 Å². The molecule has 1 saturated heterocycles. The highest BCUT2D eigenvalue weighted by atomic mass is 32.2. The van der Waals surface area contributed by atoms with Crippen LogP contribution in [-0.2, 0) is 19.6 Å². The number of hydrogen-bond donors (Lipinski definition) is 1. The van der Waals surface area contributed by atoms with Gasteiger partial charge < -0.3 is 10.2 Å². The minimum Gasteiger partial charge on any atom is -0.344 e. The van der Waals surface area contributed by atoms with Crippen LogP contribution in [0.25, 0.3) is 0 Å². The van der Waals surface area contributed by atoms with Crippen molar-refractivity contribution < 1.29 is 18.0 Å². The van der Waals surface area contributed by atoms with Gasteiger partial charge in [0.2, 0.25) is 21.8 Å². The molecule has 7 nitrogen and oxygen atoms in total. The van der Waals surface area contributed by atoms with Crippen LogP contribution in [0.2, 0.25) is 0 Å².